The maximum absolute atomic E-state index is 12.7. The van der Waals surface area contributed by atoms with Gasteiger partial charge in [0.25, 0.3) is 0 Å². The van der Waals surface area contributed by atoms with Gasteiger partial charge in [-0.3, -0.25) is 4.79 Å². The summed E-state index contributed by atoms with van der Waals surface area (Å²) in [5, 5.41) is 16.5. The number of carbonyl (C=O) groups is 2. The fourth-order valence-electron chi connectivity index (χ4n) is 3.44. The minimum Gasteiger partial charge on any atom is -0.478 e. The summed E-state index contributed by atoms with van der Waals surface area (Å²) in [6.45, 7) is 5.84. The molecule has 7 heteroatoms. The number of aryl methyl sites for hydroxylation is 2. The molecule has 0 radical (unpaired) electrons. The van der Waals surface area contributed by atoms with E-state index in [0.29, 0.717) is 5.82 Å². The molecule has 29 heavy (non-hydrogen) atoms. The second kappa shape index (κ2) is 7.40. The largest absolute Gasteiger partial charge is 0.478 e. The molecule has 3 aromatic rings. The average Bonchev–Trinajstić information content (AvgIpc) is 2.94. The van der Waals surface area contributed by atoms with Crippen molar-refractivity contribution in [2.75, 3.05) is 5.32 Å². The van der Waals surface area contributed by atoms with E-state index in [4.69, 9.17) is 5.10 Å². The molecule has 2 aromatic carbocycles. The Balaban J connectivity index is 1.86. The molecule has 148 valence electrons. The number of hydrogen-bond acceptors (Lipinski definition) is 4. The van der Waals surface area contributed by atoms with Gasteiger partial charge in [0.1, 0.15) is 5.82 Å². The summed E-state index contributed by atoms with van der Waals surface area (Å²) in [4.78, 5) is 23.9. The average molecular weight is 407 g/mol. The molecule has 0 spiro atoms. The van der Waals surface area contributed by atoms with Crippen molar-refractivity contribution in [3.05, 3.63) is 76.5 Å². The van der Waals surface area contributed by atoms with Gasteiger partial charge in [0.05, 0.1) is 27.4 Å². The predicted molar refractivity (Wildman–Crippen MR) is 114 cm³/mol. The Hall–Kier alpha value is -3.06. The van der Waals surface area contributed by atoms with Crippen molar-refractivity contribution in [1.29, 1.82) is 0 Å². The number of rotatable bonds is 3. The zero-order chi connectivity index (χ0) is 20.7. The summed E-state index contributed by atoms with van der Waals surface area (Å²) in [5.74, 6) is -0.367. The second-order valence-corrected chi connectivity index (χ2v) is 8.62. The summed E-state index contributed by atoms with van der Waals surface area (Å²) in [5.41, 5.74) is 4.97. The zero-order valence-corrected chi connectivity index (χ0v) is 17.2. The number of nitrogens with one attached hydrogen (secondary N) is 1. The number of amides is 1. The number of carbonyl (C=O) groups excluding carboxylic acids is 1. The fraction of sp³-hybridized carbons (Fsp3) is 0.227. The van der Waals surface area contributed by atoms with Crippen LogP contribution in [0, 0.1) is 13.8 Å². The van der Waals surface area contributed by atoms with Gasteiger partial charge in [0.15, 0.2) is 0 Å². The van der Waals surface area contributed by atoms with Crippen LogP contribution in [0.15, 0.2) is 48.5 Å². The third-order valence-corrected chi connectivity index (χ3v) is 6.46. The van der Waals surface area contributed by atoms with Crippen LogP contribution in [-0.2, 0) is 4.79 Å². The van der Waals surface area contributed by atoms with Gasteiger partial charge < -0.3 is 10.4 Å². The maximum Gasteiger partial charge on any atom is 0.335 e. The first-order valence-corrected chi connectivity index (χ1v) is 10.3. The van der Waals surface area contributed by atoms with Crippen molar-refractivity contribution in [3.8, 4) is 5.69 Å². The predicted octanol–water partition coefficient (Wildman–Crippen LogP) is 4.35. The highest BCUT2D eigenvalue weighted by Gasteiger charge is 2.34. The van der Waals surface area contributed by atoms with Gasteiger partial charge >= 0.3 is 5.97 Å². The molecule has 0 fully saturated rings. The van der Waals surface area contributed by atoms with E-state index in [1.165, 1.54) is 11.8 Å². The Morgan fingerprint density at radius 3 is 2.38 bits per heavy atom. The standard InChI is InChI=1S/C22H21N3O3S/c1-12-4-10-17(11-5-12)25-20-18(13(2)24-25)19(29-14(3)21(26)23-20)15-6-8-16(9-7-15)22(27)28/h4-11,14,19H,1-3H3,(H,23,26)(H,27,28)/t14-,19-/m0/s1. The molecule has 2 heterocycles. The SMILES string of the molecule is Cc1ccc(-n2nc(C)c3c2NC(=O)[C@H](C)S[C@H]3c2ccc(C(=O)O)cc2)cc1. The zero-order valence-electron chi connectivity index (χ0n) is 16.3. The number of aromatic carboxylic acids is 1. The molecule has 1 aromatic heterocycles. The van der Waals surface area contributed by atoms with E-state index in [9.17, 15) is 14.7 Å². The van der Waals surface area contributed by atoms with Crippen LogP contribution in [0.1, 0.15) is 44.9 Å². The van der Waals surface area contributed by atoms with Crippen LogP contribution in [-0.4, -0.2) is 32.0 Å². The maximum atomic E-state index is 12.7. The minimum absolute atomic E-state index is 0.0748. The van der Waals surface area contributed by atoms with E-state index in [-0.39, 0.29) is 22.0 Å². The highest BCUT2D eigenvalue weighted by atomic mass is 32.2. The molecule has 0 bridgehead atoms. The molecule has 0 unspecified atom stereocenters. The van der Waals surface area contributed by atoms with Gasteiger partial charge in [-0.25, -0.2) is 9.48 Å². The normalized spacial score (nSPS) is 18.7. The Bertz CT molecular complexity index is 1090. The topological polar surface area (TPSA) is 84.2 Å². The van der Waals surface area contributed by atoms with Crippen molar-refractivity contribution < 1.29 is 14.7 Å². The van der Waals surface area contributed by atoms with E-state index in [2.05, 4.69) is 5.32 Å². The van der Waals surface area contributed by atoms with Crippen LogP contribution in [0.25, 0.3) is 5.69 Å². The molecule has 0 saturated carbocycles. The Morgan fingerprint density at radius 2 is 1.76 bits per heavy atom. The molecule has 1 amide bonds. The summed E-state index contributed by atoms with van der Waals surface area (Å²) in [6, 6.07) is 14.8. The number of aromatic nitrogens is 2. The molecular formula is C22H21N3O3S. The lowest BCUT2D eigenvalue weighted by atomic mass is 10.0. The smallest absolute Gasteiger partial charge is 0.335 e. The van der Waals surface area contributed by atoms with Crippen molar-refractivity contribution in [2.45, 2.75) is 31.3 Å². The third-order valence-electron chi connectivity index (χ3n) is 5.06. The summed E-state index contributed by atoms with van der Waals surface area (Å²) >= 11 is 1.54. The van der Waals surface area contributed by atoms with Gasteiger partial charge in [-0.2, -0.15) is 5.10 Å². The van der Waals surface area contributed by atoms with Gasteiger partial charge in [-0.15, -0.1) is 11.8 Å². The molecule has 0 saturated heterocycles. The van der Waals surface area contributed by atoms with Crippen molar-refractivity contribution in [1.82, 2.24) is 9.78 Å². The molecular weight excluding hydrogens is 386 g/mol. The third kappa shape index (κ3) is 3.53. The van der Waals surface area contributed by atoms with Crippen LogP contribution < -0.4 is 5.32 Å². The van der Waals surface area contributed by atoms with Crippen LogP contribution in [0.2, 0.25) is 0 Å². The van der Waals surface area contributed by atoms with Gasteiger partial charge in [0.2, 0.25) is 5.91 Å². The van der Waals surface area contributed by atoms with E-state index >= 15 is 0 Å². The summed E-state index contributed by atoms with van der Waals surface area (Å²) < 4.78 is 1.78. The number of hydrogen-bond donors (Lipinski definition) is 2. The molecule has 0 aliphatic carbocycles. The van der Waals surface area contributed by atoms with Crippen molar-refractivity contribution >= 4 is 29.5 Å². The first-order chi connectivity index (χ1) is 13.8. The van der Waals surface area contributed by atoms with Gasteiger partial charge in [0, 0.05) is 5.56 Å². The monoisotopic (exact) mass is 407 g/mol. The Labute approximate surface area is 172 Å². The first kappa shape index (κ1) is 19.3. The number of thioether (sulfide) groups is 1. The molecule has 2 atom stereocenters. The number of fused-ring (bicyclic) bond motifs is 1. The molecule has 4 rings (SSSR count). The van der Waals surface area contributed by atoms with Crippen LogP contribution in [0.3, 0.4) is 0 Å². The molecule has 1 aliphatic rings. The van der Waals surface area contributed by atoms with Gasteiger partial charge in [-0.05, 0) is 50.6 Å². The quantitative estimate of drug-likeness (QED) is 0.674. The van der Waals surface area contributed by atoms with Crippen LogP contribution in [0.4, 0.5) is 5.82 Å². The lowest BCUT2D eigenvalue weighted by Gasteiger charge is -2.17. The lowest BCUT2D eigenvalue weighted by Crippen LogP contribution is -2.22. The van der Waals surface area contributed by atoms with E-state index < -0.39 is 5.97 Å². The number of nitrogens with zero attached hydrogens (tertiary/aromatic N) is 2. The Morgan fingerprint density at radius 1 is 1.10 bits per heavy atom. The summed E-state index contributed by atoms with van der Waals surface area (Å²) in [7, 11) is 0. The number of benzene rings is 2. The summed E-state index contributed by atoms with van der Waals surface area (Å²) in [6.07, 6.45) is 0. The van der Waals surface area contributed by atoms with E-state index in [0.717, 1.165) is 28.1 Å². The highest BCUT2D eigenvalue weighted by molar-refractivity contribution is 8.01. The second-order valence-electron chi connectivity index (χ2n) is 7.17. The highest BCUT2D eigenvalue weighted by Crippen LogP contribution is 2.46. The lowest BCUT2D eigenvalue weighted by molar-refractivity contribution is -0.115. The number of anilines is 1. The van der Waals surface area contributed by atoms with Crippen LogP contribution in [0.5, 0.6) is 0 Å². The van der Waals surface area contributed by atoms with Crippen molar-refractivity contribution in [3.63, 3.8) is 0 Å². The number of carboxylic acids is 1. The van der Waals surface area contributed by atoms with Crippen LogP contribution >= 0.6 is 11.8 Å². The fourth-order valence-corrected chi connectivity index (χ4v) is 4.77. The molecule has 2 N–H and O–H groups in total. The molecule has 6 nitrogen and oxygen atoms in total. The van der Waals surface area contributed by atoms with E-state index in [1.54, 1.807) is 16.8 Å². The van der Waals surface area contributed by atoms with E-state index in [1.807, 2.05) is 57.2 Å². The molecule has 1 aliphatic heterocycles. The minimum atomic E-state index is -0.959. The van der Waals surface area contributed by atoms with Crippen molar-refractivity contribution in [2.24, 2.45) is 0 Å². The van der Waals surface area contributed by atoms with Gasteiger partial charge in [-0.1, -0.05) is 29.8 Å². The number of carboxylic acid groups (broad SMARTS) is 1. The first-order valence-electron chi connectivity index (χ1n) is 9.31. The Kier molecular flexibility index (Phi) is 4.92.